The summed E-state index contributed by atoms with van der Waals surface area (Å²) in [4.78, 5) is 14.8. The first-order valence-electron chi connectivity index (χ1n) is 8.27. The molecule has 0 unspecified atom stereocenters. The molecular weight excluding hydrogens is 324 g/mol. The Bertz CT molecular complexity index is 662. The third-order valence-corrected chi connectivity index (χ3v) is 4.90. The topological polar surface area (TPSA) is 67.3 Å². The number of piperidine rings is 1. The average molecular weight is 346 g/mol. The third-order valence-electron chi connectivity index (χ3n) is 4.29. The van der Waals surface area contributed by atoms with Gasteiger partial charge in [-0.1, -0.05) is 29.9 Å². The van der Waals surface area contributed by atoms with E-state index in [0.29, 0.717) is 29.1 Å². The Hall–Kier alpha value is -1.99. The quantitative estimate of drug-likeness (QED) is 0.871. The molecule has 1 aliphatic heterocycles. The van der Waals surface area contributed by atoms with E-state index in [1.807, 2.05) is 18.2 Å². The molecule has 6 nitrogen and oxygen atoms in total. The van der Waals surface area contributed by atoms with E-state index >= 15 is 0 Å². The number of para-hydroxylation sites is 1. The van der Waals surface area contributed by atoms with Crippen molar-refractivity contribution in [1.82, 2.24) is 15.1 Å². The second kappa shape index (κ2) is 8.21. The molecule has 1 fully saturated rings. The number of nitrogens with zero attached hydrogens (tertiary/aromatic N) is 3. The zero-order chi connectivity index (χ0) is 16.8. The van der Waals surface area contributed by atoms with Crippen molar-refractivity contribution in [2.75, 3.05) is 25.0 Å². The standard InChI is InChI=1S/C17H22N4O2S/c1-13-6-4-5-9-21(13)10-11-23-15-8-3-2-7-14(15)16(22)19-17-20-18-12-24-17/h2-3,7-8,12-13H,4-6,9-11H2,1H3,(H,19,20,22)/t13-/m0/s1. The fourth-order valence-corrected chi connectivity index (χ4v) is 3.37. The number of carbonyl (C=O) groups is 1. The Morgan fingerprint density at radius 2 is 2.29 bits per heavy atom. The van der Waals surface area contributed by atoms with Crippen molar-refractivity contribution in [1.29, 1.82) is 0 Å². The molecular formula is C17H22N4O2S. The minimum absolute atomic E-state index is 0.228. The highest BCUT2D eigenvalue weighted by atomic mass is 32.1. The van der Waals surface area contributed by atoms with Crippen LogP contribution in [-0.4, -0.2) is 46.7 Å². The van der Waals surface area contributed by atoms with Gasteiger partial charge in [0.1, 0.15) is 17.9 Å². The molecule has 0 bridgehead atoms. The summed E-state index contributed by atoms with van der Waals surface area (Å²) in [7, 11) is 0. The average Bonchev–Trinajstić information content (AvgIpc) is 3.10. The van der Waals surface area contributed by atoms with Gasteiger partial charge < -0.3 is 4.74 Å². The van der Waals surface area contributed by atoms with Gasteiger partial charge in [-0.05, 0) is 38.4 Å². The third kappa shape index (κ3) is 4.30. The number of carbonyl (C=O) groups excluding carboxylic acids is 1. The van der Waals surface area contributed by atoms with Crippen LogP contribution in [0.2, 0.25) is 0 Å². The van der Waals surface area contributed by atoms with Gasteiger partial charge in [0.2, 0.25) is 5.13 Å². The minimum atomic E-state index is -0.228. The molecule has 7 heteroatoms. The Balaban J connectivity index is 1.58. The lowest BCUT2D eigenvalue weighted by Crippen LogP contribution is -2.40. The summed E-state index contributed by atoms with van der Waals surface area (Å²) in [5.74, 6) is 0.373. The van der Waals surface area contributed by atoms with Crippen molar-refractivity contribution in [3.63, 3.8) is 0 Å². The largest absolute Gasteiger partial charge is 0.491 e. The van der Waals surface area contributed by atoms with Crippen molar-refractivity contribution < 1.29 is 9.53 Å². The van der Waals surface area contributed by atoms with Gasteiger partial charge in [0, 0.05) is 12.6 Å². The summed E-state index contributed by atoms with van der Waals surface area (Å²) >= 11 is 1.29. The molecule has 1 N–H and O–H groups in total. The van der Waals surface area contributed by atoms with Crippen molar-refractivity contribution in [2.24, 2.45) is 0 Å². The molecule has 0 radical (unpaired) electrons. The Labute approximate surface area is 145 Å². The van der Waals surface area contributed by atoms with Gasteiger partial charge in [-0.25, -0.2) is 0 Å². The molecule has 1 atom stereocenters. The van der Waals surface area contributed by atoms with Gasteiger partial charge >= 0.3 is 0 Å². The maximum absolute atomic E-state index is 12.4. The fourth-order valence-electron chi connectivity index (χ4n) is 2.93. The van der Waals surface area contributed by atoms with Crippen LogP contribution in [0.1, 0.15) is 36.5 Å². The zero-order valence-electron chi connectivity index (χ0n) is 13.8. The Kier molecular flexibility index (Phi) is 5.77. The van der Waals surface area contributed by atoms with E-state index in [9.17, 15) is 4.79 Å². The molecule has 128 valence electrons. The van der Waals surface area contributed by atoms with Crippen LogP contribution in [0.3, 0.4) is 0 Å². The predicted octanol–water partition coefficient (Wildman–Crippen LogP) is 3.04. The number of anilines is 1. The van der Waals surface area contributed by atoms with Gasteiger partial charge in [0.15, 0.2) is 0 Å². The van der Waals surface area contributed by atoms with E-state index in [2.05, 4.69) is 27.3 Å². The van der Waals surface area contributed by atoms with Gasteiger partial charge in [-0.2, -0.15) is 0 Å². The molecule has 2 aromatic rings. The Morgan fingerprint density at radius 3 is 3.08 bits per heavy atom. The summed E-state index contributed by atoms with van der Waals surface area (Å²) in [5, 5.41) is 10.8. The summed E-state index contributed by atoms with van der Waals surface area (Å²) < 4.78 is 5.89. The SMILES string of the molecule is C[C@H]1CCCCN1CCOc1ccccc1C(=O)Nc1nncs1. The fraction of sp³-hybridized carbons (Fsp3) is 0.471. The zero-order valence-corrected chi connectivity index (χ0v) is 14.6. The molecule has 0 spiro atoms. The first kappa shape index (κ1) is 16.9. The van der Waals surface area contributed by atoms with Crippen LogP contribution in [0.15, 0.2) is 29.8 Å². The first-order chi connectivity index (χ1) is 11.7. The van der Waals surface area contributed by atoms with Crippen molar-refractivity contribution in [3.05, 3.63) is 35.3 Å². The molecule has 1 aromatic heterocycles. The number of rotatable bonds is 6. The summed E-state index contributed by atoms with van der Waals surface area (Å²) in [6, 6.07) is 7.90. The van der Waals surface area contributed by atoms with Crippen LogP contribution >= 0.6 is 11.3 Å². The molecule has 1 amide bonds. The highest BCUT2D eigenvalue weighted by Crippen LogP contribution is 2.21. The van der Waals surface area contributed by atoms with Crippen LogP contribution in [0.25, 0.3) is 0 Å². The summed E-state index contributed by atoms with van der Waals surface area (Å²) in [5.41, 5.74) is 2.09. The number of likely N-dealkylation sites (tertiary alicyclic amines) is 1. The monoisotopic (exact) mass is 346 g/mol. The second-order valence-electron chi connectivity index (χ2n) is 5.92. The molecule has 24 heavy (non-hydrogen) atoms. The van der Waals surface area contributed by atoms with E-state index in [-0.39, 0.29) is 5.91 Å². The maximum atomic E-state index is 12.4. The van der Waals surface area contributed by atoms with Crippen LogP contribution in [-0.2, 0) is 0 Å². The van der Waals surface area contributed by atoms with Crippen LogP contribution in [0.5, 0.6) is 5.75 Å². The van der Waals surface area contributed by atoms with Crippen molar-refractivity contribution in [2.45, 2.75) is 32.2 Å². The number of benzene rings is 1. The van der Waals surface area contributed by atoms with Crippen LogP contribution in [0.4, 0.5) is 5.13 Å². The summed E-state index contributed by atoms with van der Waals surface area (Å²) in [6.45, 7) is 4.85. The molecule has 3 rings (SSSR count). The Morgan fingerprint density at radius 1 is 1.42 bits per heavy atom. The number of ether oxygens (including phenoxy) is 1. The number of amides is 1. The maximum Gasteiger partial charge on any atom is 0.261 e. The molecule has 2 heterocycles. The number of hydrogen-bond acceptors (Lipinski definition) is 6. The molecule has 0 saturated carbocycles. The van der Waals surface area contributed by atoms with Crippen LogP contribution in [0, 0.1) is 0 Å². The molecule has 0 aliphatic carbocycles. The van der Waals surface area contributed by atoms with E-state index in [1.54, 1.807) is 11.6 Å². The lowest BCUT2D eigenvalue weighted by Gasteiger charge is -2.33. The van der Waals surface area contributed by atoms with Gasteiger partial charge in [0.25, 0.3) is 5.91 Å². The second-order valence-corrected chi connectivity index (χ2v) is 6.76. The smallest absolute Gasteiger partial charge is 0.261 e. The van der Waals surface area contributed by atoms with E-state index in [4.69, 9.17) is 4.74 Å². The molecule has 1 aliphatic rings. The lowest BCUT2D eigenvalue weighted by molar-refractivity contribution is 0.101. The normalized spacial score (nSPS) is 18.3. The molecule has 1 aromatic carbocycles. The van der Waals surface area contributed by atoms with Crippen molar-refractivity contribution in [3.8, 4) is 5.75 Å². The molecule has 1 saturated heterocycles. The number of hydrogen-bond donors (Lipinski definition) is 1. The van der Waals surface area contributed by atoms with Gasteiger partial charge in [-0.3, -0.25) is 15.0 Å². The highest BCUT2D eigenvalue weighted by molar-refractivity contribution is 7.13. The number of aromatic nitrogens is 2. The number of nitrogens with one attached hydrogen (secondary N) is 1. The van der Waals surface area contributed by atoms with Crippen LogP contribution < -0.4 is 10.1 Å². The van der Waals surface area contributed by atoms with Crippen molar-refractivity contribution >= 4 is 22.4 Å². The predicted molar refractivity (Wildman–Crippen MR) is 94.7 cm³/mol. The van der Waals surface area contributed by atoms with Gasteiger partial charge in [-0.15, -0.1) is 10.2 Å². The minimum Gasteiger partial charge on any atom is -0.491 e. The lowest BCUT2D eigenvalue weighted by atomic mass is 10.0. The first-order valence-corrected chi connectivity index (χ1v) is 9.15. The van der Waals surface area contributed by atoms with E-state index < -0.39 is 0 Å². The highest BCUT2D eigenvalue weighted by Gasteiger charge is 2.18. The van der Waals surface area contributed by atoms with Gasteiger partial charge in [0.05, 0.1) is 5.56 Å². The summed E-state index contributed by atoms with van der Waals surface area (Å²) in [6.07, 6.45) is 3.82. The van der Waals surface area contributed by atoms with E-state index in [1.165, 1.54) is 30.6 Å². The van der Waals surface area contributed by atoms with E-state index in [0.717, 1.165) is 13.1 Å².